The molecular formula is C12H26N2O. The Bertz CT molecular complexity index is 160. The van der Waals surface area contributed by atoms with Crippen molar-refractivity contribution < 1.29 is 4.74 Å². The molecule has 1 aliphatic rings. The van der Waals surface area contributed by atoms with E-state index in [1.165, 1.54) is 19.3 Å². The Morgan fingerprint density at radius 2 is 2.20 bits per heavy atom. The van der Waals surface area contributed by atoms with Crippen molar-refractivity contribution in [1.29, 1.82) is 0 Å². The van der Waals surface area contributed by atoms with Crippen LogP contribution >= 0.6 is 0 Å². The first-order valence-corrected chi connectivity index (χ1v) is 6.25. The van der Waals surface area contributed by atoms with Crippen molar-refractivity contribution >= 4 is 0 Å². The van der Waals surface area contributed by atoms with E-state index in [0.29, 0.717) is 6.04 Å². The highest BCUT2D eigenvalue weighted by molar-refractivity contribution is 4.87. The van der Waals surface area contributed by atoms with E-state index >= 15 is 0 Å². The van der Waals surface area contributed by atoms with Crippen LogP contribution in [0.5, 0.6) is 0 Å². The Morgan fingerprint density at radius 1 is 1.47 bits per heavy atom. The molecule has 0 heterocycles. The van der Waals surface area contributed by atoms with Gasteiger partial charge in [0, 0.05) is 32.3 Å². The lowest BCUT2D eigenvalue weighted by Crippen LogP contribution is -2.43. The molecule has 1 fully saturated rings. The molecule has 3 nitrogen and oxygen atoms in total. The third kappa shape index (κ3) is 4.96. The molecule has 0 aromatic rings. The van der Waals surface area contributed by atoms with Gasteiger partial charge in [0.05, 0.1) is 6.61 Å². The van der Waals surface area contributed by atoms with Crippen LogP contribution in [0.1, 0.15) is 33.1 Å². The lowest BCUT2D eigenvalue weighted by Gasteiger charge is -2.29. The van der Waals surface area contributed by atoms with E-state index in [9.17, 15) is 0 Å². The van der Waals surface area contributed by atoms with E-state index in [1.54, 1.807) is 7.11 Å². The molecule has 90 valence electrons. The minimum Gasteiger partial charge on any atom is -0.383 e. The summed E-state index contributed by atoms with van der Waals surface area (Å²) in [7, 11) is 1.78. The Hall–Kier alpha value is -0.120. The van der Waals surface area contributed by atoms with Gasteiger partial charge in [-0.2, -0.15) is 0 Å². The predicted octanol–water partition coefficient (Wildman–Crippen LogP) is 1.49. The van der Waals surface area contributed by atoms with Crippen molar-refractivity contribution in [3.8, 4) is 0 Å². The van der Waals surface area contributed by atoms with Gasteiger partial charge >= 0.3 is 0 Å². The number of hydrogen-bond donors (Lipinski definition) is 1. The second-order valence-electron chi connectivity index (χ2n) is 4.51. The normalized spacial score (nSPS) is 18.4. The zero-order valence-corrected chi connectivity index (χ0v) is 10.5. The van der Waals surface area contributed by atoms with Crippen LogP contribution < -0.4 is 5.32 Å². The Morgan fingerprint density at radius 3 is 2.73 bits per heavy atom. The fourth-order valence-electron chi connectivity index (χ4n) is 1.97. The van der Waals surface area contributed by atoms with Gasteiger partial charge in [0.1, 0.15) is 0 Å². The molecule has 15 heavy (non-hydrogen) atoms. The standard InChI is InChI=1S/C12H26N2O/c1-4-7-13-10-11(2)14(8-9-15-3)12-5-6-12/h11-13H,4-10H2,1-3H3. The van der Waals surface area contributed by atoms with Crippen LogP contribution in [0, 0.1) is 0 Å². The van der Waals surface area contributed by atoms with Gasteiger partial charge in [0.25, 0.3) is 0 Å². The van der Waals surface area contributed by atoms with Crippen molar-refractivity contribution in [3.63, 3.8) is 0 Å². The van der Waals surface area contributed by atoms with E-state index in [1.807, 2.05) is 0 Å². The quantitative estimate of drug-likeness (QED) is 0.589. The summed E-state index contributed by atoms with van der Waals surface area (Å²) in [6.45, 7) is 8.70. The second-order valence-corrected chi connectivity index (χ2v) is 4.51. The molecule has 0 spiro atoms. The number of hydrogen-bond acceptors (Lipinski definition) is 3. The van der Waals surface area contributed by atoms with Crippen molar-refractivity contribution in [3.05, 3.63) is 0 Å². The van der Waals surface area contributed by atoms with Gasteiger partial charge in [-0.1, -0.05) is 6.92 Å². The van der Waals surface area contributed by atoms with E-state index in [-0.39, 0.29) is 0 Å². The summed E-state index contributed by atoms with van der Waals surface area (Å²) in [6.07, 6.45) is 3.97. The molecule has 1 saturated carbocycles. The number of methoxy groups -OCH3 is 1. The lowest BCUT2D eigenvalue weighted by atomic mass is 10.2. The fourth-order valence-corrected chi connectivity index (χ4v) is 1.97. The van der Waals surface area contributed by atoms with Gasteiger partial charge in [-0.3, -0.25) is 4.90 Å². The van der Waals surface area contributed by atoms with Crippen molar-refractivity contribution in [1.82, 2.24) is 10.2 Å². The van der Waals surface area contributed by atoms with Crippen LogP contribution in [0.25, 0.3) is 0 Å². The molecule has 0 bridgehead atoms. The van der Waals surface area contributed by atoms with Crippen LogP contribution in [-0.4, -0.2) is 50.3 Å². The summed E-state index contributed by atoms with van der Waals surface area (Å²) >= 11 is 0. The van der Waals surface area contributed by atoms with Crippen LogP contribution in [0.2, 0.25) is 0 Å². The molecular weight excluding hydrogens is 188 g/mol. The predicted molar refractivity (Wildman–Crippen MR) is 64.2 cm³/mol. The van der Waals surface area contributed by atoms with E-state index in [0.717, 1.165) is 32.3 Å². The van der Waals surface area contributed by atoms with Gasteiger partial charge in [0.2, 0.25) is 0 Å². The summed E-state index contributed by atoms with van der Waals surface area (Å²) in [4.78, 5) is 2.59. The molecule has 0 aromatic heterocycles. The maximum Gasteiger partial charge on any atom is 0.0589 e. The first-order valence-electron chi connectivity index (χ1n) is 6.25. The topological polar surface area (TPSA) is 24.5 Å². The highest BCUT2D eigenvalue weighted by atomic mass is 16.5. The lowest BCUT2D eigenvalue weighted by molar-refractivity contribution is 0.118. The molecule has 0 aromatic carbocycles. The number of ether oxygens (including phenoxy) is 1. The van der Waals surface area contributed by atoms with E-state index in [4.69, 9.17) is 4.74 Å². The van der Waals surface area contributed by atoms with Crippen molar-refractivity contribution in [2.75, 3.05) is 33.4 Å². The van der Waals surface area contributed by atoms with Crippen LogP contribution in [0.4, 0.5) is 0 Å². The molecule has 0 saturated heterocycles. The van der Waals surface area contributed by atoms with Gasteiger partial charge < -0.3 is 10.1 Å². The minimum absolute atomic E-state index is 0.638. The summed E-state index contributed by atoms with van der Waals surface area (Å²) in [5, 5.41) is 3.49. The molecule has 1 aliphatic carbocycles. The van der Waals surface area contributed by atoms with Gasteiger partial charge in [-0.25, -0.2) is 0 Å². The van der Waals surface area contributed by atoms with Gasteiger partial charge in [-0.15, -0.1) is 0 Å². The molecule has 0 radical (unpaired) electrons. The zero-order chi connectivity index (χ0) is 11.1. The summed E-state index contributed by atoms with van der Waals surface area (Å²) < 4.78 is 5.16. The van der Waals surface area contributed by atoms with E-state index < -0.39 is 0 Å². The van der Waals surface area contributed by atoms with Gasteiger partial charge in [0.15, 0.2) is 0 Å². The monoisotopic (exact) mass is 214 g/mol. The average molecular weight is 214 g/mol. The molecule has 1 atom stereocenters. The average Bonchev–Trinajstić information content (AvgIpc) is 3.03. The first kappa shape index (κ1) is 12.9. The molecule has 1 N–H and O–H groups in total. The number of rotatable bonds is 9. The third-order valence-electron chi connectivity index (χ3n) is 3.00. The van der Waals surface area contributed by atoms with Crippen molar-refractivity contribution in [2.45, 2.75) is 45.2 Å². The molecule has 0 amide bonds. The van der Waals surface area contributed by atoms with Crippen LogP contribution in [-0.2, 0) is 4.74 Å². The highest BCUT2D eigenvalue weighted by Crippen LogP contribution is 2.28. The first-order chi connectivity index (χ1) is 7.29. The Balaban J connectivity index is 2.20. The smallest absolute Gasteiger partial charge is 0.0589 e. The summed E-state index contributed by atoms with van der Waals surface area (Å²) in [5.41, 5.74) is 0. The van der Waals surface area contributed by atoms with E-state index in [2.05, 4.69) is 24.1 Å². The van der Waals surface area contributed by atoms with Gasteiger partial charge in [-0.05, 0) is 32.7 Å². The molecule has 0 aliphatic heterocycles. The molecule has 1 rings (SSSR count). The summed E-state index contributed by atoms with van der Waals surface area (Å²) in [5.74, 6) is 0. The van der Waals surface area contributed by atoms with Crippen LogP contribution in [0.15, 0.2) is 0 Å². The largest absolute Gasteiger partial charge is 0.383 e. The molecule has 1 unspecified atom stereocenters. The Kier molecular flexibility index (Phi) is 6.22. The SMILES string of the molecule is CCCNCC(C)N(CCOC)C1CC1. The second kappa shape index (κ2) is 7.20. The maximum absolute atomic E-state index is 5.16. The maximum atomic E-state index is 5.16. The zero-order valence-electron chi connectivity index (χ0n) is 10.5. The highest BCUT2D eigenvalue weighted by Gasteiger charge is 2.31. The molecule has 3 heteroatoms. The van der Waals surface area contributed by atoms with Crippen molar-refractivity contribution in [2.24, 2.45) is 0 Å². The fraction of sp³-hybridized carbons (Fsp3) is 1.00. The number of nitrogens with one attached hydrogen (secondary N) is 1. The summed E-state index contributed by atoms with van der Waals surface area (Å²) in [6, 6.07) is 1.47. The Labute approximate surface area is 94.2 Å². The van der Waals surface area contributed by atoms with Crippen LogP contribution in [0.3, 0.4) is 0 Å². The number of nitrogens with zero attached hydrogens (tertiary/aromatic N) is 1. The third-order valence-corrected chi connectivity index (χ3v) is 3.00. The minimum atomic E-state index is 0.638.